The molecule has 3 heteroatoms. The van der Waals surface area contributed by atoms with Crippen LogP contribution in [0.4, 0.5) is 0 Å². The van der Waals surface area contributed by atoms with Gasteiger partial charge in [-0.2, -0.15) is 0 Å². The summed E-state index contributed by atoms with van der Waals surface area (Å²) in [5.41, 5.74) is 1.41. The van der Waals surface area contributed by atoms with Gasteiger partial charge in [0.15, 0.2) is 0 Å². The first-order valence-electron chi connectivity index (χ1n) is 5.34. The summed E-state index contributed by atoms with van der Waals surface area (Å²) in [6.07, 6.45) is 2.10. The Morgan fingerprint density at radius 3 is 2.87 bits per heavy atom. The highest BCUT2D eigenvalue weighted by Crippen LogP contribution is 2.33. The second-order valence-electron chi connectivity index (χ2n) is 4.30. The van der Waals surface area contributed by atoms with E-state index >= 15 is 0 Å². The SMILES string of the molecule is OC1(c2ccc3c(c2)CCCO3)COC1. The van der Waals surface area contributed by atoms with Crippen LogP contribution in [0.15, 0.2) is 18.2 Å². The van der Waals surface area contributed by atoms with Crippen LogP contribution in [0.25, 0.3) is 0 Å². The van der Waals surface area contributed by atoms with E-state index in [2.05, 4.69) is 6.07 Å². The molecule has 0 bridgehead atoms. The summed E-state index contributed by atoms with van der Waals surface area (Å²) < 4.78 is 10.6. The molecule has 1 N–H and O–H groups in total. The molecule has 3 rings (SSSR count). The Bertz CT molecular complexity index is 382. The van der Waals surface area contributed by atoms with Crippen LogP contribution in [0, 0.1) is 0 Å². The second-order valence-corrected chi connectivity index (χ2v) is 4.30. The summed E-state index contributed by atoms with van der Waals surface area (Å²) in [6, 6.07) is 5.95. The maximum absolute atomic E-state index is 10.1. The number of aryl methyl sites for hydroxylation is 1. The molecule has 1 aromatic rings. The fourth-order valence-electron chi connectivity index (χ4n) is 2.11. The lowest BCUT2D eigenvalue weighted by atomic mass is 9.89. The first-order chi connectivity index (χ1) is 7.28. The molecule has 0 amide bonds. The third kappa shape index (κ3) is 1.43. The maximum Gasteiger partial charge on any atom is 0.136 e. The molecule has 0 radical (unpaired) electrons. The van der Waals surface area contributed by atoms with Crippen LogP contribution in [0.2, 0.25) is 0 Å². The Hall–Kier alpha value is -1.06. The summed E-state index contributed by atoms with van der Waals surface area (Å²) in [6.45, 7) is 1.62. The van der Waals surface area contributed by atoms with Gasteiger partial charge in [0.2, 0.25) is 0 Å². The quantitative estimate of drug-likeness (QED) is 0.751. The molecule has 0 aliphatic carbocycles. The molecule has 1 fully saturated rings. The van der Waals surface area contributed by atoms with Crippen molar-refractivity contribution in [2.45, 2.75) is 18.4 Å². The summed E-state index contributed by atoms with van der Waals surface area (Å²) in [4.78, 5) is 0. The molecular weight excluding hydrogens is 192 g/mol. The first-order valence-corrected chi connectivity index (χ1v) is 5.34. The van der Waals surface area contributed by atoms with Crippen LogP contribution in [0.5, 0.6) is 5.75 Å². The smallest absolute Gasteiger partial charge is 0.136 e. The molecule has 2 aliphatic rings. The molecule has 2 aliphatic heterocycles. The molecule has 2 heterocycles. The molecule has 0 atom stereocenters. The number of fused-ring (bicyclic) bond motifs is 1. The van der Waals surface area contributed by atoms with Gasteiger partial charge < -0.3 is 14.6 Å². The minimum Gasteiger partial charge on any atom is -0.493 e. The number of benzene rings is 1. The summed E-state index contributed by atoms with van der Waals surface area (Å²) in [7, 11) is 0. The van der Waals surface area contributed by atoms with E-state index in [1.807, 2.05) is 12.1 Å². The molecule has 0 spiro atoms. The van der Waals surface area contributed by atoms with Crippen LogP contribution in [0.1, 0.15) is 17.5 Å². The van der Waals surface area contributed by atoms with Crippen molar-refractivity contribution in [1.29, 1.82) is 0 Å². The van der Waals surface area contributed by atoms with E-state index < -0.39 is 5.60 Å². The Kier molecular flexibility index (Phi) is 1.97. The lowest BCUT2D eigenvalue weighted by molar-refractivity contribution is -0.184. The standard InChI is InChI=1S/C12H14O3/c13-12(7-14-8-12)10-3-4-11-9(6-10)2-1-5-15-11/h3-4,6,13H,1-2,5,7-8H2. The van der Waals surface area contributed by atoms with Gasteiger partial charge >= 0.3 is 0 Å². The van der Waals surface area contributed by atoms with Crippen molar-refractivity contribution in [2.24, 2.45) is 0 Å². The van der Waals surface area contributed by atoms with E-state index in [1.165, 1.54) is 5.56 Å². The van der Waals surface area contributed by atoms with E-state index in [4.69, 9.17) is 9.47 Å². The van der Waals surface area contributed by atoms with Crippen LogP contribution in [-0.2, 0) is 16.8 Å². The topological polar surface area (TPSA) is 38.7 Å². The van der Waals surface area contributed by atoms with Gasteiger partial charge in [-0.25, -0.2) is 0 Å². The van der Waals surface area contributed by atoms with Gasteiger partial charge in [-0.05, 0) is 36.1 Å². The first kappa shape index (κ1) is 9.19. The van der Waals surface area contributed by atoms with Crippen molar-refractivity contribution < 1.29 is 14.6 Å². The molecule has 0 unspecified atom stereocenters. The van der Waals surface area contributed by atoms with Crippen molar-refractivity contribution in [3.63, 3.8) is 0 Å². The number of hydrogen-bond donors (Lipinski definition) is 1. The zero-order valence-corrected chi connectivity index (χ0v) is 8.53. The maximum atomic E-state index is 10.1. The van der Waals surface area contributed by atoms with Crippen molar-refractivity contribution in [2.75, 3.05) is 19.8 Å². The van der Waals surface area contributed by atoms with Crippen LogP contribution < -0.4 is 4.74 Å². The normalized spacial score (nSPS) is 22.5. The summed E-state index contributed by atoms with van der Waals surface area (Å²) >= 11 is 0. The van der Waals surface area contributed by atoms with E-state index in [-0.39, 0.29) is 0 Å². The molecule has 15 heavy (non-hydrogen) atoms. The Morgan fingerprint density at radius 2 is 2.13 bits per heavy atom. The molecule has 3 nitrogen and oxygen atoms in total. The van der Waals surface area contributed by atoms with E-state index in [0.717, 1.165) is 30.8 Å². The van der Waals surface area contributed by atoms with Gasteiger partial charge in [-0.1, -0.05) is 6.07 Å². The number of rotatable bonds is 1. The monoisotopic (exact) mass is 206 g/mol. The average Bonchev–Trinajstić information content (AvgIpc) is 2.25. The Labute approximate surface area is 88.6 Å². The molecular formula is C12H14O3. The predicted molar refractivity (Wildman–Crippen MR) is 55.0 cm³/mol. The zero-order chi connectivity index (χ0) is 10.3. The van der Waals surface area contributed by atoms with Gasteiger partial charge in [-0.15, -0.1) is 0 Å². The molecule has 1 aromatic carbocycles. The number of aliphatic hydroxyl groups is 1. The van der Waals surface area contributed by atoms with Gasteiger partial charge in [0.25, 0.3) is 0 Å². The largest absolute Gasteiger partial charge is 0.493 e. The lowest BCUT2D eigenvalue weighted by Gasteiger charge is -2.37. The predicted octanol–water partition coefficient (Wildman–Crippen LogP) is 1.23. The molecule has 1 saturated heterocycles. The van der Waals surface area contributed by atoms with Crippen LogP contribution >= 0.6 is 0 Å². The van der Waals surface area contributed by atoms with Crippen molar-refractivity contribution in [3.8, 4) is 5.75 Å². The van der Waals surface area contributed by atoms with Gasteiger partial charge in [0.05, 0.1) is 19.8 Å². The average molecular weight is 206 g/mol. The highest BCUT2D eigenvalue weighted by atomic mass is 16.5. The minimum atomic E-state index is -0.757. The van der Waals surface area contributed by atoms with E-state index in [1.54, 1.807) is 0 Å². The van der Waals surface area contributed by atoms with Crippen molar-refractivity contribution in [1.82, 2.24) is 0 Å². The van der Waals surface area contributed by atoms with E-state index in [0.29, 0.717) is 13.2 Å². The highest BCUT2D eigenvalue weighted by molar-refractivity contribution is 5.41. The van der Waals surface area contributed by atoms with Crippen molar-refractivity contribution in [3.05, 3.63) is 29.3 Å². The summed E-state index contributed by atoms with van der Waals surface area (Å²) in [5.74, 6) is 0.967. The lowest BCUT2D eigenvalue weighted by Crippen LogP contribution is -2.46. The molecule has 0 aromatic heterocycles. The zero-order valence-electron chi connectivity index (χ0n) is 8.53. The van der Waals surface area contributed by atoms with Crippen LogP contribution in [0.3, 0.4) is 0 Å². The fraction of sp³-hybridized carbons (Fsp3) is 0.500. The van der Waals surface area contributed by atoms with Gasteiger partial charge in [-0.3, -0.25) is 0 Å². The second kappa shape index (κ2) is 3.22. The Balaban J connectivity index is 1.97. The molecule has 0 saturated carbocycles. The fourth-order valence-corrected chi connectivity index (χ4v) is 2.11. The number of hydrogen-bond acceptors (Lipinski definition) is 3. The third-order valence-corrected chi connectivity index (χ3v) is 3.13. The third-order valence-electron chi connectivity index (χ3n) is 3.13. The Morgan fingerprint density at radius 1 is 1.27 bits per heavy atom. The van der Waals surface area contributed by atoms with E-state index in [9.17, 15) is 5.11 Å². The van der Waals surface area contributed by atoms with Crippen LogP contribution in [-0.4, -0.2) is 24.9 Å². The molecule has 80 valence electrons. The number of ether oxygens (including phenoxy) is 2. The minimum absolute atomic E-state index is 0.409. The van der Waals surface area contributed by atoms with Gasteiger partial charge in [0, 0.05) is 0 Å². The van der Waals surface area contributed by atoms with Crippen molar-refractivity contribution >= 4 is 0 Å². The van der Waals surface area contributed by atoms with Gasteiger partial charge in [0.1, 0.15) is 11.4 Å². The highest BCUT2D eigenvalue weighted by Gasteiger charge is 2.38. The summed E-state index contributed by atoms with van der Waals surface area (Å²) in [5, 5.41) is 10.1.